The van der Waals surface area contributed by atoms with Crippen molar-refractivity contribution in [1.29, 1.82) is 0 Å². The zero-order valence-corrected chi connectivity index (χ0v) is 14.3. The van der Waals surface area contributed by atoms with E-state index in [1.807, 2.05) is 39.7 Å². The van der Waals surface area contributed by atoms with E-state index >= 15 is 0 Å². The van der Waals surface area contributed by atoms with Crippen LogP contribution in [0.3, 0.4) is 0 Å². The number of fused-ring (bicyclic) bond motifs is 1. The average Bonchev–Trinajstić information content (AvgIpc) is 2.81. The van der Waals surface area contributed by atoms with Crippen LogP contribution in [0.15, 0.2) is 39.9 Å². The molecule has 3 saturated carbocycles. The Kier molecular flexibility index (Phi) is 2.59. The van der Waals surface area contributed by atoms with Crippen LogP contribution >= 0.6 is 0 Å². The van der Waals surface area contributed by atoms with Gasteiger partial charge in [-0.05, 0) is 55.1 Å². The maximum absolute atomic E-state index is 13.2. The number of hydrogen-bond donors (Lipinski definition) is 0. The van der Waals surface area contributed by atoms with Crippen molar-refractivity contribution in [3.63, 3.8) is 0 Å². The summed E-state index contributed by atoms with van der Waals surface area (Å²) in [6.45, 7) is 0. The van der Waals surface area contributed by atoms with Crippen LogP contribution in [0.2, 0.25) is 0 Å². The first kappa shape index (κ1) is 14.2. The summed E-state index contributed by atoms with van der Waals surface area (Å²) in [4.78, 5) is 26.5. The van der Waals surface area contributed by atoms with E-state index in [0.29, 0.717) is 17.0 Å². The second-order valence-corrected chi connectivity index (χ2v) is 8.55. The van der Waals surface area contributed by atoms with Crippen LogP contribution in [0, 0.1) is 17.3 Å². The van der Waals surface area contributed by atoms with Gasteiger partial charge < -0.3 is 0 Å². The van der Waals surface area contributed by atoms with Crippen molar-refractivity contribution in [1.82, 2.24) is 13.9 Å². The van der Waals surface area contributed by atoms with Crippen molar-refractivity contribution in [3.05, 3.63) is 51.3 Å². The summed E-state index contributed by atoms with van der Waals surface area (Å²) >= 11 is 0. The molecule has 0 amide bonds. The number of para-hydroxylation sites is 1. The normalized spacial score (nSPS) is 37.8. The van der Waals surface area contributed by atoms with Crippen molar-refractivity contribution in [2.24, 2.45) is 17.3 Å². The highest BCUT2D eigenvalue weighted by molar-refractivity contribution is 5.31. The number of benzene rings is 1. The second-order valence-electron chi connectivity index (χ2n) is 8.55. The maximum Gasteiger partial charge on any atom is 0.352 e. The van der Waals surface area contributed by atoms with Gasteiger partial charge >= 0.3 is 11.4 Å². The van der Waals surface area contributed by atoms with Gasteiger partial charge in [-0.3, -0.25) is 0 Å². The summed E-state index contributed by atoms with van der Waals surface area (Å²) in [5.41, 5.74) is 0.718. The Balaban J connectivity index is 1.61. The molecule has 3 fully saturated rings. The van der Waals surface area contributed by atoms with Gasteiger partial charge in [0.15, 0.2) is 0 Å². The van der Waals surface area contributed by atoms with Gasteiger partial charge in [0.25, 0.3) is 0 Å². The Bertz CT molecular complexity index is 965. The maximum atomic E-state index is 13.2. The van der Waals surface area contributed by atoms with E-state index < -0.39 is 0 Å². The molecule has 3 aliphatic carbocycles. The fourth-order valence-corrected chi connectivity index (χ4v) is 6.98. The predicted molar refractivity (Wildman–Crippen MR) is 94.1 cm³/mol. The molecule has 1 aromatic carbocycles. The minimum atomic E-state index is -0.135. The lowest BCUT2D eigenvalue weighted by Crippen LogP contribution is -2.64. The number of aromatic nitrogens is 3. The molecule has 5 nitrogen and oxygen atoms in total. The van der Waals surface area contributed by atoms with Crippen LogP contribution < -0.4 is 11.4 Å². The Morgan fingerprint density at radius 1 is 0.920 bits per heavy atom. The molecule has 0 radical (unpaired) electrons. The van der Waals surface area contributed by atoms with Crippen LogP contribution in [0.1, 0.15) is 57.0 Å². The van der Waals surface area contributed by atoms with Gasteiger partial charge in [0.05, 0.1) is 17.8 Å². The highest BCUT2D eigenvalue weighted by Crippen LogP contribution is 2.71. The first-order valence-electron chi connectivity index (χ1n) is 9.74. The summed E-state index contributed by atoms with van der Waals surface area (Å²) in [5.74, 6) is 1.39. The van der Waals surface area contributed by atoms with Crippen molar-refractivity contribution in [2.45, 2.75) is 57.0 Å². The van der Waals surface area contributed by atoms with E-state index in [9.17, 15) is 9.59 Å². The molecule has 1 aromatic heterocycles. The summed E-state index contributed by atoms with van der Waals surface area (Å²) in [7, 11) is 0. The molecule has 5 atom stereocenters. The predicted octanol–water partition coefficient (Wildman–Crippen LogP) is 2.89. The van der Waals surface area contributed by atoms with Gasteiger partial charge in [0, 0.05) is 0 Å². The van der Waals surface area contributed by atoms with E-state index in [2.05, 4.69) is 0 Å². The van der Waals surface area contributed by atoms with Crippen LogP contribution in [-0.2, 0) is 0 Å². The monoisotopic (exact) mass is 337 g/mol. The third-order valence-corrected chi connectivity index (χ3v) is 7.73. The molecule has 130 valence electrons. The van der Waals surface area contributed by atoms with Crippen molar-refractivity contribution in [2.75, 3.05) is 0 Å². The Hall–Kier alpha value is -2.04. The molecular formula is C20H23N3O2. The lowest BCUT2D eigenvalue weighted by atomic mass is 9.44. The minimum Gasteiger partial charge on any atom is -0.245 e. The van der Waals surface area contributed by atoms with Gasteiger partial charge in [-0.25, -0.2) is 23.5 Å². The first-order valence-corrected chi connectivity index (χ1v) is 9.74. The molecule has 5 aliphatic rings. The summed E-state index contributed by atoms with van der Waals surface area (Å²) in [6.07, 6.45) is 8.56. The van der Waals surface area contributed by atoms with Crippen molar-refractivity contribution >= 4 is 0 Å². The second kappa shape index (κ2) is 4.57. The average molecular weight is 337 g/mol. The SMILES string of the molecule is O=c1n(-c2ccccc2)c(=O)n2n1[C@H]1CC[C@H]2[C@H]2[C@H]3CCCC[C@]21C3. The lowest BCUT2D eigenvalue weighted by Gasteiger charge is -2.66. The van der Waals surface area contributed by atoms with Crippen LogP contribution in [0.4, 0.5) is 0 Å². The Morgan fingerprint density at radius 3 is 2.56 bits per heavy atom. The summed E-state index contributed by atoms with van der Waals surface area (Å²) in [6, 6.07) is 9.85. The van der Waals surface area contributed by atoms with E-state index in [1.54, 1.807) is 0 Å². The molecule has 0 unspecified atom stereocenters. The molecular weight excluding hydrogens is 314 g/mol. The molecule has 3 heterocycles. The number of nitrogens with zero attached hydrogens (tertiary/aromatic N) is 3. The molecule has 4 bridgehead atoms. The summed E-state index contributed by atoms with van der Waals surface area (Å²) in [5, 5.41) is 0. The Morgan fingerprint density at radius 2 is 1.72 bits per heavy atom. The third-order valence-electron chi connectivity index (χ3n) is 7.73. The highest BCUT2D eigenvalue weighted by atomic mass is 16.2. The number of rotatable bonds is 1. The molecule has 25 heavy (non-hydrogen) atoms. The van der Waals surface area contributed by atoms with Gasteiger partial charge in [0.1, 0.15) is 0 Å². The smallest absolute Gasteiger partial charge is 0.245 e. The Labute approximate surface area is 145 Å². The fraction of sp³-hybridized carbons (Fsp3) is 0.600. The molecule has 7 rings (SSSR count). The van der Waals surface area contributed by atoms with Gasteiger partial charge in [-0.1, -0.05) is 37.5 Å². The van der Waals surface area contributed by atoms with Gasteiger partial charge in [-0.15, -0.1) is 0 Å². The number of hydrogen-bond acceptors (Lipinski definition) is 2. The lowest BCUT2D eigenvalue weighted by molar-refractivity contribution is -0.181. The van der Waals surface area contributed by atoms with E-state index in [4.69, 9.17) is 0 Å². The van der Waals surface area contributed by atoms with Crippen LogP contribution in [-0.4, -0.2) is 13.9 Å². The van der Waals surface area contributed by atoms with Crippen LogP contribution in [0.25, 0.3) is 5.69 Å². The van der Waals surface area contributed by atoms with E-state index in [-0.39, 0.29) is 23.5 Å². The van der Waals surface area contributed by atoms with Crippen LogP contribution in [0.5, 0.6) is 0 Å². The highest BCUT2D eigenvalue weighted by Gasteiger charge is 2.67. The molecule has 2 aliphatic heterocycles. The first-order chi connectivity index (χ1) is 12.2. The largest absolute Gasteiger partial charge is 0.352 e. The topological polar surface area (TPSA) is 48.9 Å². The molecule has 2 aromatic rings. The minimum absolute atomic E-state index is 0.133. The van der Waals surface area contributed by atoms with Crippen molar-refractivity contribution in [3.8, 4) is 5.69 Å². The zero-order chi connectivity index (χ0) is 16.8. The molecule has 0 spiro atoms. The molecule has 0 saturated heterocycles. The molecule has 5 heteroatoms. The van der Waals surface area contributed by atoms with Crippen molar-refractivity contribution < 1.29 is 0 Å². The van der Waals surface area contributed by atoms with E-state index in [1.165, 1.54) is 36.7 Å². The zero-order valence-electron chi connectivity index (χ0n) is 14.3. The van der Waals surface area contributed by atoms with Gasteiger partial charge in [0.2, 0.25) is 0 Å². The standard InChI is InChI=1S/C20H23N3O2/c24-18-21(14-7-2-1-3-8-14)19(25)23-16-10-9-15(22(18)23)17-13-6-4-5-11-20(16,17)12-13/h1-3,7-8,13,15-17H,4-6,9-12H2/t13-,15-,16-,17+,20+/m0/s1. The van der Waals surface area contributed by atoms with Gasteiger partial charge in [-0.2, -0.15) is 0 Å². The third kappa shape index (κ3) is 1.52. The molecule has 0 N–H and O–H groups in total. The van der Waals surface area contributed by atoms with E-state index in [0.717, 1.165) is 18.8 Å². The fourth-order valence-electron chi connectivity index (χ4n) is 6.98. The quantitative estimate of drug-likeness (QED) is 0.803. The summed E-state index contributed by atoms with van der Waals surface area (Å²) < 4.78 is 5.11.